The van der Waals surface area contributed by atoms with Crippen molar-refractivity contribution in [2.45, 2.75) is 39.7 Å². The van der Waals surface area contributed by atoms with E-state index >= 15 is 0 Å². The fourth-order valence-electron chi connectivity index (χ4n) is 2.27. The minimum atomic E-state index is 0.129. The molecule has 1 aromatic heterocycles. The quantitative estimate of drug-likeness (QED) is 0.881. The SMILES string of the molecule is CCc1nc(N2CCCC(C)C2)sc1CO. The normalized spacial score (nSPS) is 21.4. The van der Waals surface area contributed by atoms with Crippen LogP contribution in [0.3, 0.4) is 0 Å². The molecule has 0 aliphatic carbocycles. The van der Waals surface area contributed by atoms with Crippen LogP contribution in [0.1, 0.15) is 37.3 Å². The molecule has 1 saturated heterocycles. The van der Waals surface area contributed by atoms with Gasteiger partial charge in [-0.15, -0.1) is 0 Å². The molecule has 1 aliphatic heterocycles. The van der Waals surface area contributed by atoms with Gasteiger partial charge >= 0.3 is 0 Å². The molecule has 2 rings (SSSR count). The van der Waals surface area contributed by atoms with Gasteiger partial charge in [0.15, 0.2) is 5.13 Å². The lowest BCUT2D eigenvalue weighted by Crippen LogP contribution is -2.34. The van der Waals surface area contributed by atoms with Gasteiger partial charge in [0.05, 0.1) is 17.2 Å². The Balaban J connectivity index is 2.16. The molecule has 16 heavy (non-hydrogen) atoms. The Bertz CT molecular complexity index is 329. The lowest BCUT2D eigenvalue weighted by Gasteiger charge is -2.30. The van der Waals surface area contributed by atoms with Crippen molar-refractivity contribution < 1.29 is 5.11 Å². The molecule has 1 atom stereocenters. The summed E-state index contributed by atoms with van der Waals surface area (Å²) in [5, 5.41) is 10.4. The Morgan fingerprint density at radius 2 is 2.38 bits per heavy atom. The Labute approximate surface area is 101 Å². The summed E-state index contributed by atoms with van der Waals surface area (Å²) in [5.41, 5.74) is 1.07. The van der Waals surface area contributed by atoms with Gasteiger partial charge < -0.3 is 10.0 Å². The summed E-state index contributed by atoms with van der Waals surface area (Å²) in [6.45, 7) is 6.75. The average molecular weight is 240 g/mol. The predicted octanol–water partition coefficient (Wildman–Crippen LogP) is 2.43. The number of hydrogen-bond acceptors (Lipinski definition) is 4. The van der Waals surface area contributed by atoms with Crippen molar-refractivity contribution in [3.8, 4) is 0 Å². The van der Waals surface area contributed by atoms with Gasteiger partial charge in [-0.05, 0) is 25.2 Å². The van der Waals surface area contributed by atoms with Crippen LogP contribution in [0.25, 0.3) is 0 Å². The molecular weight excluding hydrogens is 220 g/mol. The van der Waals surface area contributed by atoms with Gasteiger partial charge in [-0.25, -0.2) is 4.98 Å². The molecule has 0 spiro atoms. The zero-order chi connectivity index (χ0) is 11.5. The molecule has 1 N–H and O–H groups in total. The third kappa shape index (κ3) is 2.38. The van der Waals surface area contributed by atoms with Gasteiger partial charge in [0.25, 0.3) is 0 Å². The minimum Gasteiger partial charge on any atom is -0.391 e. The number of aliphatic hydroxyl groups is 1. The van der Waals surface area contributed by atoms with Gasteiger partial charge in [0, 0.05) is 13.1 Å². The Morgan fingerprint density at radius 1 is 1.56 bits per heavy atom. The second-order valence-corrected chi connectivity index (χ2v) is 5.63. The van der Waals surface area contributed by atoms with Crippen LogP contribution in [0.2, 0.25) is 0 Å². The largest absolute Gasteiger partial charge is 0.391 e. The van der Waals surface area contributed by atoms with E-state index in [2.05, 4.69) is 23.7 Å². The molecule has 1 fully saturated rings. The summed E-state index contributed by atoms with van der Waals surface area (Å²) in [4.78, 5) is 8.05. The molecule has 0 bridgehead atoms. The van der Waals surface area contributed by atoms with Crippen molar-refractivity contribution in [1.29, 1.82) is 0 Å². The van der Waals surface area contributed by atoms with Crippen LogP contribution in [0, 0.1) is 5.92 Å². The molecule has 0 aromatic carbocycles. The van der Waals surface area contributed by atoms with Crippen LogP contribution in [-0.4, -0.2) is 23.2 Å². The monoisotopic (exact) mass is 240 g/mol. The summed E-state index contributed by atoms with van der Waals surface area (Å²) in [5.74, 6) is 0.764. The molecule has 1 unspecified atom stereocenters. The highest BCUT2D eigenvalue weighted by molar-refractivity contribution is 7.15. The molecule has 0 radical (unpaired) electrons. The zero-order valence-electron chi connectivity index (χ0n) is 10.1. The molecule has 90 valence electrons. The maximum atomic E-state index is 9.27. The highest BCUT2D eigenvalue weighted by Crippen LogP contribution is 2.30. The summed E-state index contributed by atoms with van der Waals surface area (Å²) >= 11 is 1.66. The van der Waals surface area contributed by atoms with Crippen molar-refractivity contribution in [3.05, 3.63) is 10.6 Å². The molecule has 0 amide bonds. The van der Waals surface area contributed by atoms with E-state index in [0.29, 0.717) is 0 Å². The Kier molecular flexibility index (Phi) is 3.82. The Hall–Kier alpha value is -0.610. The first kappa shape index (κ1) is 11.9. The standard InChI is InChI=1S/C12H20N2OS/c1-3-10-11(8-15)16-12(13-10)14-6-4-5-9(2)7-14/h9,15H,3-8H2,1-2H3. The van der Waals surface area contributed by atoms with Gasteiger partial charge in [0.1, 0.15) is 0 Å². The predicted molar refractivity (Wildman–Crippen MR) is 68.0 cm³/mol. The number of piperidine rings is 1. The van der Waals surface area contributed by atoms with Gasteiger partial charge in [0.2, 0.25) is 0 Å². The van der Waals surface area contributed by atoms with Gasteiger partial charge in [-0.2, -0.15) is 0 Å². The van der Waals surface area contributed by atoms with Crippen molar-refractivity contribution in [1.82, 2.24) is 4.98 Å². The van der Waals surface area contributed by atoms with E-state index < -0.39 is 0 Å². The first-order chi connectivity index (χ1) is 7.74. The zero-order valence-corrected chi connectivity index (χ0v) is 10.9. The third-order valence-corrected chi connectivity index (χ3v) is 4.32. The summed E-state index contributed by atoms with van der Waals surface area (Å²) in [6.07, 6.45) is 3.50. The molecular formula is C12H20N2OS. The van der Waals surface area contributed by atoms with Crippen LogP contribution in [-0.2, 0) is 13.0 Å². The number of thiazole rings is 1. The van der Waals surface area contributed by atoms with Gasteiger partial charge in [-0.1, -0.05) is 25.2 Å². The maximum absolute atomic E-state index is 9.27. The molecule has 1 aromatic rings. The molecule has 4 heteroatoms. The van der Waals surface area contributed by atoms with E-state index in [1.807, 2.05) is 0 Å². The van der Waals surface area contributed by atoms with E-state index in [0.717, 1.165) is 41.1 Å². The second kappa shape index (κ2) is 5.15. The lowest BCUT2D eigenvalue weighted by molar-refractivity contribution is 0.284. The number of aliphatic hydroxyl groups excluding tert-OH is 1. The van der Waals surface area contributed by atoms with E-state index in [4.69, 9.17) is 0 Å². The first-order valence-corrected chi connectivity index (χ1v) is 6.90. The number of nitrogens with zero attached hydrogens (tertiary/aromatic N) is 2. The fraction of sp³-hybridized carbons (Fsp3) is 0.750. The molecule has 2 heterocycles. The smallest absolute Gasteiger partial charge is 0.185 e. The lowest BCUT2D eigenvalue weighted by atomic mass is 10.0. The van der Waals surface area contributed by atoms with Crippen LogP contribution < -0.4 is 4.90 Å². The van der Waals surface area contributed by atoms with Crippen LogP contribution in [0.5, 0.6) is 0 Å². The minimum absolute atomic E-state index is 0.129. The second-order valence-electron chi connectivity index (χ2n) is 4.57. The first-order valence-electron chi connectivity index (χ1n) is 6.09. The molecule has 1 aliphatic rings. The number of aromatic nitrogens is 1. The molecule has 0 saturated carbocycles. The van der Waals surface area contributed by atoms with Crippen molar-refractivity contribution in [2.24, 2.45) is 5.92 Å². The Morgan fingerprint density at radius 3 is 2.94 bits per heavy atom. The number of anilines is 1. The van der Waals surface area contributed by atoms with E-state index in [9.17, 15) is 5.11 Å². The summed E-state index contributed by atoms with van der Waals surface area (Å²) in [6, 6.07) is 0. The van der Waals surface area contributed by atoms with E-state index in [1.54, 1.807) is 11.3 Å². The fourth-order valence-corrected chi connectivity index (χ4v) is 3.31. The number of rotatable bonds is 3. The van der Waals surface area contributed by atoms with Gasteiger partial charge in [-0.3, -0.25) is 0 Å². The topological polar surface area (TPSA) is 36.4 Å². The maximum Gasteiger partial charge on any atom is 0.185 e. The highest BCUT2D eigenvalue weighted by atomic mass is 32.1. The van der Waals surface area contributed by atoms with Crippen molar-refractivity contribution in [2.75, 3.05) is 18.0 Å². The van der Waals surface area contributed by atoms with E-state index in [1.165, 1.54) is 12.8 Å². The summed E-state index contributed by atoms with van der Waals surface area (Å²) in [7, 11) is 0. The summed E-state index contributed by atoms with van der Waals surface area (Å²) < 4.78 is 0. The van der Waals surface area contributed by atoms with E-state index in [-0.39, 0.29) is 6.61 Å². The van der Waals surface area contributed by atoms with Crippen LogP contribution in [0.15, 0.2) is 0 Å². The third-order valence-electron chi connectivity index (χ3n) is 3.17. The van der Waals surface area contributed by atoms with Crippen molar-refractivity contribution in [3.63, 3.8) is 0 Å². The van der Waals surface area contributed by atoms with Crippen LogP contribution in [0.4, 0.5) is 5.13 Å². The number of hydrogen-bond donors (Lipinski definition) is 1. The average Bonchev–Trinajstić information content (AvgIpc) is 2.72. The highest BCUT2D eigenvalue weighted by Gasteiger charge is 2.20. The molecule has 3 nitrogen and oxygen atoms in total. The number of aryl methyl sites for hydroxylation is 1. The van der Waals surface area contributed by atoms with Crippen LogP contribution >= 0.6 is 11.3 Å². The van der Waals surface area contributed by atoms with Crippen molar-refractivity contribution >= 4 is 16.5 Å².